The van der Waals surface area contributed by atoms with E-state index in [4.69, 9.17) is 4.74 Å². The molecule has 0 aliphatic carbocycles. The molecule has 8 heteroatoms. The maximum Gasteiger partial charge on any atom is 0.305 e. The van der Waals surface area contributed by atoms with E-state index in [2.05, 4.69) is 10.4 Å². The van der Waals surface area contributed by atoms with E-state index in [0.29, 0.717) is 31.5 Å². The first-order valence-corrected chi connectivity index (χ1v) is 9.64. The standard InChI is InChI=1S/C21H26N4O4/c1-13-18(9-10-19(26)29-4)14(2)25(23-13)17-7-5-16(6-8-17)21(28)24-12-11-22-20(27)15(24)3/h5-8,15H,9-12H2,1-4H3,(H,22,27)/t15-/m1/s1. The zero-order chi connectivity index (χ0) is 21.1. The molecule has 0 bridgehead atoms. The predicted molar refractivity (Wildman–Crippen MR) is 107 cm³/mol. The lowest BCUT2D eigenvalue weighted by atomic mass is 10.1. The molecule has 1 aromatic carbocycles. The second kappa shape index (κ2) is 8.46. The maximum atomic E-state index is 12.8. The summed E-state index contributed by atoms with van der Waals surface area (Å²) in [5.41, 5.74) is 4.19. The third-order valence-electron chi connectivity index (χ3n) is 5.37. The number of aryl methyl sites for hydroxylation is 1. The Kier molecular flexibility index (Phi) is 6.00. The third-order valence-corrected chi connectivity index (χ3v) is 5.37. The second-order valence-electron chi connectivity index (χ2n) is 7.15. The van der Waals surface area contributed by atoms with Crippen molar-refractivity contribution in [2.75, 3.05) is 20.2 Å². The molecule has 3 rings (SSSR count). The lowest BCUT2D eigenvalue weighted by Gasteiger charge is -2.32. The summed E-state index contributed by atoms with van der Waals surface area (Å²) in [6, 6.07) is 6.70. The minimum absolute atomic E-state index is 0.136. The Balaban J connectivity index is 1.79. The van der Waals surface area contributed by atoms with Crippen molar-refractivity contribution in [2.24, 2.45) is 0 Å². The summed E-state index contributed by atoms with van der Waals surface area (Å²) in [5.74, 6) is -0.547. The van der Waals surface area contributed by atoms with Crippen LogP contribution in [0.5, 0.6) is 0 Å². The molecule has 1 aliphatic rings. The fourth-order valence-corrected chi connectivity index (χ4v) is 3.59. The molecule has 0 spiro atoms. The van der Waals surface area contributed by atoms with Crippen molar-refractivity contribution in [3.63, 3.8) is 0 Å². The number of aromatic nitrogens is 2. The lowest BCUT2D eigenvalue weighted by molar-refractivity contribution is -0.140. The lowest BCUT2D eigenvalue weighted by Crippen LogP contribution is -2.55. The van der Waals surface area contributed by atoms with Crippen LogP contribution in [0.3, 0.4) is 0 Å². The summed E-state index contributed by atoms with van der Waals surface area (Å²) < 4.78 is 6.53. The van der Waals surface area contributed by atoms with Gasteiger partial charge in [0.2, 0.25) is 5.91 Å². The number of esters is 1. The van der Waals surface area contributed by atoms with E-state index in [1.807, 2.05) is 30.7 Å². The topological polar surface area (TPSA) is 93.5 Å². The number of nitrogens with zero attached hydrogens (tertiary/aromatic N) is 3. The summed E-state index contributed by atoms with van der Waals surface area (Å²) in [7, 11) is 1.38. The van der Waals surface area contributed by atoms with Gasteiger partial charge in [-0.05, 0) is 57.0 Å². The van der Waals surface area contributed by atoms with E-state index in [1.165, 1.54) is 7.11 Å². The van der Waals surface area contributed by atoms with E-state index >= 15 is 0 Å². The Bertz CT molecular complexity index is 933. The average Bonchev–Trinajstić information content (AvgIpc) is 3.01. The fraction of sp³-hybridized carbons (Fsp3) is 0.429. The summed E-state index contributed by atoms with van der Waals surface area (Å²) in [5, 5.41) is 7.35. The molecular weight excluding hydrogens is 372 g/mol. The van der Waals surface area contributed by atoms with Crippen molar-refractivity contribution in [3.05, 3.63) is 46.8 Å². The first-order valence-electron chi connectivity index (χ1n) is 9.64. The minimum atomic E-state index is -0.482. The van der Waals surface area contributed by atoms with Gasteiger partial charge in [0.1, 0.15) is 6.04 Å². The number of amides is 2. The number of piperazine rings is 1. The Labute approximate surface area is 169 Å². The molecule has 0 radical (unpaired) electrons. The van der Waals surface area contributed by atoms with Gasteiger partial charge in [-0.25, -0.2) is 4.68 Å². The number of rotatable bonds is 5. The van der Waals surface area contributed by atoms with Gasteiger partial charge in [-0.3, -0.25) is 14.4 Å². The van der Waals surface area contributed by atoms with E-state index in [-0.39, 0.29) is 17.8 Å². The van der Waals surface area contributed by atoms with Gasteiger partial charge in [0, 0.05) is 30.8 Å². The molecular formula is C21H26N4O4. The van der Waals surface area contributed by atoms with Crippen LogP contribution in [0.15, 0.2) is 24.3 Å². The number of hydrogen-bond acceptors (Lipinski definition) is 5. The molecule has 1 N–H and O–H groups in total. The number of carbonyl (C=O) groups is 3. The van der Waals surface area contributed by atoms with Crippen LogP contribution < -0.4 is 5.32 Å². The predicted octanol–water partition coefficient (Wildman–Crippen LogP) is 1.56. The van der Waals surface area contributed by atoms with Crippen LogP contribution >= 0.6 is 0 Å². The molecule has 0 unspecified atom stereocenters. The number of benzene rings is 1. The monoisotopic (exact) mass is 398 g/mol. The molecule has 1 atom stereocenters. The van der Waals surface area contributed by atoms with Gasteiger partial charge in [0.05, 0.1) is 18.5 Å². The molecule has 154 valence electrons. The third kappa shape index (κ3) is 4.16. The molecule has 8 nitrogen and oxygen atoms in total. The van der Waals surface area contributed by atoms with Crippen molar-refractivity contribution in [3.8, 4) is 5.69 Å². The van der Waals surface area contributed by atoms with E-state index in [1.54, 1.807) is 24.0 Å². The molecule has 1 fully saturated rings. The number of methoxy groups -OCH3 is 1. The molecule has 1 aliphatic heterocycles. The number of carbonyl (C=O) groups excluding carboxylic acids is 3. The fourth-order valence-electron chi connectivity index (χ4n) is 3.59. The van der Waals surface area contributed by atoms with Crippen LogP contribution in [-0.2, 0) is 20.7 Å². The van der Waals surface area contributed by atoms with Crippen LogP contribution in [0.25, 0.3) is 5.69 Å². The second-order valence-corrected chi connectivity index (χ2v) is 7.15. The number of nitrogens with one attached hydrogen (secondary N) is 1. The van der Waals surface area contributed by atoms with E-state index in [0.717, 1.165) is 22.6 Å². The van der Waals surface area contributed by atoms with Crippen molar-refractivity contribution < 1.29 is 19.1 Å². The van der Waals surface area contributed by atoms with E-state index < -0.39 is 6.04 Å². The molecule has 0 saturated carbocycles. The molecule has 2 aromatic rings. The van der Waals surface area contributed by atoms with Crippen molar-refractivity contribution in [1.29, 1.82) is 0 Å². The zero-order valence-electron chi connectivity index (χ0n) is 17.2. The van der Waals surface area contributed by atoms with Crippen LogP contribution in [0.4, 0.5) is 0 Å². The van der Waals surface area contributed by atoms with Crippen molar-refractivity contribution >= 4 is 17.8 Å². The Hall–Kier alpha value is -3.16. The quantitative estimate of drug-likeness (QED) is 0.772. The molecule has 29 heavy (non-hydrogen) atoms. The van der Waals surface area contributed by atoms with Gasteiger partial charge in [-0.2, -0.15) is 5.10 Å². The zero-order valence-corrected chi connectivity index (χ0v) is 17.2. The molecule has 2 amide bonds. The summed E-state index contributed by atoms with van der Waals surface area (Å²) in [6.07, 6.45) is 0.870. The Morgan fingerprint density at radius 3 is 2.59 bits per heavy atom. The normalized spacial score (nSPS) is 16.5. The first kappa shape index (κ1) is 20.6. The summed E-state index contributed by atoms with van der Waals surface area (Å²) in [4.78, 5) is 37.6. The summed E-state index contributed by atoms with van der Waals surface area (Å²) in [6.45, 7) is 6.56. The first-order chi connectivity index (χ1) is 13.8. The Morgan fingerprint density at radius 2 is 1.93 bits per heavy atom. The molecule has 2 heterocycles. The van der Waals surface area contributed by atoms with Crippen LogP contribution in [0.2, 0.25) is 0 Å². The molecule has 1 aromatic heterocycles. The summed E-state index contributed by atoms with van der Waals surface area (Å²) >= 11 is 0. The number of ether oxygens (including phenoxy) is 1. The van der Waals surface area contributed by atoms with Crippen molar-refractivity contribution in [1.82, 2.24) is 20.0 Å². The maximum absolute atomic E-state index is 12.8. The minimum Gasteiger partial charge on any atom is -0.469 e. The van der Waals surface area contributed by atoms with Gasteiger partial charge >= 0.3 is 5.97 Å². The SMILES string of the molecule is COC(=O)CCc1c(C)nn(-c2ccc(C(=O)N3CCNC(=O)[C@H]3C)cc2)c1C. The van der Waals surface area contributed by atoms with Crippen LogP contribution in [0, 0.1) is 13.8 Å². The van der Waals surface area contributed by atoms with Gasteiger partial charge in [0.25, 0.3) is 5.91 Å². The number of hydrogen-bond donors (Lipinski definition) is 1. The highest BCUT2D eigenvalue weighted by Gasteiger charge is 2.29. The molecule has 1 saturated heterocycles. The van der Waals surface area contributed by atoms with Gasteiger partial charge in [-0.1, -0.05) is 0 Å². The van der Waals surface area contributed by atoms with E-state index in [9.17, 15) is 14.4 Å². The largest absolute Gasteiger partial charge is 0.469 e. The van der Waals surface area contributed by atoms with Crippen LogP contribution in [0.1, 0.15) is 40.7 Å². The Morgan fingerprint density at radius 1 is 1.24 bits per heavy atom. The smallest absolute Gasteiger partial charge is 0.305 e. The van der Waals surface area contributed by atoms with Gasteiger partial charge in [-0.15, -0.1) is 0 Å². The highest BCUT2D eigenvalue weighted by Crippen LogP contribution is 2.21. The average molecular weight is 398 g/mol. The highest BCUT2D eigenvalue weighted by atomic mass is 16.5. The van der Waals surface area contributed by atoms with Gasteiger partial charge in [0.15, 0.2) is 0 Å². The van der Waals surface area contributed by atoms with Gasteiger partial charge < -0.3 is 15.0 Å². The van der Waals surface area contributed by atoms with Crippen LogP contribution in [-0.4, -0.2) is 58.7 Å². The highest BCUT2D eigenvalue weighted by molar-refractivity contribution is 5.98. The van der Waals surface area contributed by atoms with Crippen molar-refractivity contribution in [2.45, 2.75) is 39.7 Å².